The van der Waals surface area contributed by atoms with E-state index in [0.717, 1.165) is 13.0 Å². The molecule has 1 aliphatic rings. The molecule has 0 bridgehead atoms. The van der Waals surface area contributed by atoms with E-state index in [-0.39, 0.29) is 35.8 Å². The molecule has 1 aliphatic heterocycles. The molecule has 27 heavy (non-hydrogen) atoms. The van der Waals surface area contributed by atoms with Crippen LogP contribution in [-0.2, 0) is 11.3 Å². The molecule has 0 spiro atoms. The molecule has 2 heterocycles. The van der Waals surface area contributed by atoms with Crippen molar-refractivity contribution in [1.82, 2.24) is 15.5 Å². The van der Waals surface area contributed by atoms with Gasteiger partial charge in [-0.1, -0.05) is 0 Å². The maximum absolute atomic E-state index is 11.9. The lowest BCUT2D eigenvalue weighted by Gasteiger charge is -2.23. The average Bonchev–Trinajstić information content (AvgIpc) is 3.15. The lowest BCUT2D eigenvalue weighted by atomic mass is 10.2. The van der Waals surface area contributed by atoms with Gasteiger partial charge in [0.05, 0.1) is 12.6 Å². The Balaban J connectivity index is 0.00000364. The van der Waals surface area contributed by atoms with E-state index < -0.39 is 17.6 Å². The molecule has 1 aromatic heterocycles. The summed E-state index contributed by atoms with van der Waals surface area (Å²) in [7, 11) is 1.69. The summed E-state index contributed by atoms with van der Waals surface area (Å²) in [6, 6.07) is 3.23. The number of ether oxygens (including phenoxy) is 1. The number of nitrogens with two attached hydrogens (primary N) is 1. The number of nitrogens with one attached hydrogen (secondary N) is 2. The van der Waals surface area contributed by atoms with Crippen molar-refractivity contribution in [1.29, 1.82) is 0 Å². The number of likely N-dealkylation sites (tertiary alicyclic amines) is 1. The Kier molecular flexibility index (Phi) is 8.38. The molecule has 2 rings (SSSR count). The van der Waals surface area contributed by atoms with Crippen LogP contribution in [0.1, 0.15) is 43.5 Å². The Morgan fingerprint density at radius 2 is 2.11 bits per heavy atom. The highest BCUT2D eigenvalue weighted by Gasteiger charge is 2.27. The Morgan fingerprint density at radius 3 is 2.67 bits per heavy atom. The molecular formula is C17H28IN5O4. The van der Waals surface area contributed by atoms with Crippen LogP contribution in [0, 0.1) is 0 Å². The van der Waals surface area contributed by atoms with Crippen LogP contribution in [0.2, 0.25) is 0 Å². The van der Waals surface area contributed by atoms with Crippen LogP contribution in [0.5, 0.6) is 0 Å². The van der Waals surface area contributed by atoms with Gasteiger partial charge in [0.1, 0.15) is 11.4 Å². The number of amides is 2. The standard InChI is InChI=1S/C17H27N5O4.HI/c1-17(2,3)26-16(24)21-11-7-8-22(10-11)15(19-4)20-9-12-5-6-13(25-12)14(18)23;/h5-6,11H,7-10H2,1-4H3,(H2,18,23)(H,19,20)(H,21,24);1H. The average molecular weight is 493 g/mol. The van der Waals surface area contributed by atoms with Crippen LogP contribution < -0.4 is 16.4 Å². The summed E-state index contributed by atoms with van der Waals surface area (Å²) in [6.45, 7) is 7.25. The van der Waals surface area contributed by atoms with E-state index in [9.17, 15) is 9.59 Å². The van der Waals surface area contributed by atoms with Crippen molar-refractivity contribution in [3.63, 3.8) is 0 Å². The number of primary amides is 1. The molecule has 1 aromatic rings. The maximum atomic E-state index is 11.9. The highest BCUT2D eigenvalue weighted by Crippen LogP contribution is 2.13. The van der Waals surface area contributed by atoms with Crippen molar-refractivity contribution in [2.24, 2.45) is 10.7 Å². The molecule has 0 aromatic carbocycles. The van der Waals surface area contributed by atoms with E-state index in [1.165, 1.54) is 0 Å². The summed E-state index contributed by atoms with van der Waals surface area (Å²) in [5, 5.41) is 6.06. The minimum atomic E-state index is -0.601. The number of alkyl carbamates (subject to hydrolysis) is 1. The summed E-state index contributed by atoms with van der Waals surface area (Å²) < 4.78 is 10.6. The van der Waals surface area contributed by atoms with Crippen LogP contribution in [0.4, 0.5) is 4.79 Å². The number of halogens is 1. The summed E-state index contributed by atoms with van der Waals surface area (Å²) in [6.07, 6.45) is 0.383. The second-order valence-corrected chi connectivity index (χ2v) is 7.11. The second-order valence-electron chi connectivity index (χ2n) is 7.11. The number of carbonyl (C=O) groups excluding carboxylic acids is 2. The van der Waals surface area contributed by atoms with E-state index in [1.807, 2.05) is 25.7 Å². The fourth-order valence-corrected chi connectivity index (χ4v) is 2.65. The van der Waals surface area contributed by atoms with E-state index in [1.54, 1.807) is 19.2 Å². The first-order valence-electron chi connectivity index (χ1n) is 8.51. The SMILES string of the molecule is CN=C(NCc1ccc(C(N)=O)o1)N1CCC(NC(=O)OC(C)(C)C)C1.I. The molecule has 1 atom stereocenters. The normalized spacial score (nSPS) is 17.3. The van der Waals surface area contributed by atoms with Crippen LogP contribution in [0.3, 0.4) is 0 Å². The topological polar surface area (TPSA) is 122 Å². The Hall–Kier alpha value is -1.98. The van der Waals surface area contributed by atoms with Crippen molar-refractivity contribution >= 4 is 41.9 Å². The summed E-state index contributed by atoms with van der Waals surface area (Å²) in [4.78, 5) is 29.2. The van der Waals surface area contributed by atoms with Gasteiger partial charge in [-0.05, 0) is 39.3 Å². The third kappa shape index (κ3) is 7.27. The third-order valence-corrected chi connectivity index (χ3v) is 3.75. The zero-order valence-corrected chi connectivity index (χ0v) is 18.4. The number of hydrogen-bond donors (Lipinski definition) is 3. The Bertz CT molecular complexity index is 683. The molecule has 9 nitrogen and oxygen atoms in total. The van der Waals surface area contributed by atoms with Crippen molar-refractivity contribution < 1.29 is 18.7 Å². The first-order valence-corrected chi connectivity index (χ1v) is 8.51. The first kappa shape index (κ1) is 23.1. The van der Waals surface area contributed by atoms with Crippen LogP contribution in [0.15, 0.2) is 21.5 Å². The fourth-order valence-electron chi connectivity index (χ4n) is 2.65. The van der Waals surface area contributed by atoms with Gasteiger partial charge >= 0.3 is 6.09 Å². The van der Waals surface area contributed by atoms with Crippen LogP contribution in [-0.4, -0.2) is 54.6 Å². The molecule has 0 aliphatic carbocycles. The minimum Gasteiger partial charge on any atom is -0.454 e. The number of carbonyl (C=O) groups is 2. The Labute approximate surface area is 176 Å². The van der Waals surface area contributed by atoms with Gasteiger partial charge in [-0.25, -0.2) is 4.79 Å². The van der Waals surface area contributed by atoms with E-state index in [2.05, 4.69) is 15.6 Å². The molecule has 152 valence electrons. The highest BCUT2D eigenvalue weighted by molar-refractivity contribution is 14.0. The van der Waals surface area contributed by atoms with Gasteiger partial charge in [-0.3, -0.25) is 9.79 Å². The fraction of sp³-hybridized carbons (Fsp3) is 0.588. The number of guanidine groups is 1. The molecule has 10 heteroatoms. The summed E-state index contributed by atoms with van der Waals surface area (Å²) in [5.74, 6) is 0.800. The first-order chi connectivity index (χ1) is 12.2. The van der Waals surface area contributed by atoms with Gasteiger partial charge in [-0.2, -0.15) is 0 Å². The van der Waals surface area contributed by atoms with Gasteiger partial charge < -0.3 is 30.4 Å². The lowest BCUT2D eigenvalue weighted by Crippen LogP contribution is -2.44. The van der Waals surface area contributed by atoms with E-state index in [4.69, 9.17) is 14.9 Å². The predicted molar refractivity (Wildman–Crippen MR) is 112 cm³/mol. The van der Waals surface area contributed by atoms with Crippen molar-refractivity contribution in [3.05, 3.63) is 23.7 Å². The van der Waals surface area contributed by atoms with Crippen molar-refractivity contribution in [2.45, 2.75) is 45.4 Å². The summed E-state index contributed by atoms with van der Waals surface area (Å²) in [5.41, 5.74) is 4.65. The molecule has 2 amide bonds. The minimum absolute atomic E-state index is 0. The summed E-state index contributed by atoms with van der Waals surface area (Å²) >= 11 is 0. The van der Waals surface area contributed by atoms with E-state index in [0.29, 0.717) is 24.8 Å². The van der Waals surface area contributed by atoms with Crippen molar-refractivity contribution in [3.8, 4) is 0 Å². The van der Waals surface area contributed by atoms with Gasteiger partial charge in [0.15, 0.2) is 11.7 Å². The largest absolute Gasteiger partial charge is 0.454 e. The van der Waals surface area contributed by atoms with Gasteiger partial charge in [0.25, 0.3) is 5.91 Å². The number of furan rings is 1. The number of rotatable bonds is 4. The van der Waals surface area contributed by atoms with Crippen molar-refractivity contribution in [2.75, 3.05) is 20.1 Å². The number of aliphatic imine (C=N–C) groups is 1. The predicted octanol–water partition coefficient (Wildman–Crippen LogP) is 1.67. The lowest BCUT2D eigenvalue weighted by molar-refractivity contribution is 0.0507. The zero-order chi connectivity index (χ0) is 19.3. The second kappa shape index (κ2) is 9.81. The highest BCUT2D eigenvalue weighted by atomic mass is 127. The van der Waals surface area contributed by atoms with Crippen LogP contribution in [0.25, 0.3) is 0 Å². The smallest absolute Gasteiger partial charge is 0.407 e. The molecule has 1 fully saturated rings. The zero-order valence-electron chi connectivity index (χ0n) is 16.1. The van der Waals surface area contributed by atoms with E-state index >= 15 is 0 Å². The monoisotopic (exact) mass is 493 g/mol. The molecule has 0 saturated carbocycles. The molecular weight excluding hydrogens is 465 g/mol. The number of hydrogen-bond acceptors (Lipinski definition) is 5. The van der Waals surface area contributed by atoms with Gasteiger partial charge in [0, 0.05) is 20.1 Å². The van der Waals surface area contributed by atoms with Crippen LogP contribution >= 0.6 is 24.0 Å². The molecule has 0 radical (unpaired) electrons. The van der Waals surface area contributed by atoms with Gasteiger partial charge in [-0.15, -0.1) is 24.0 Å². The van der Waals surface area contributed by atoms with Gasteiger partial charge in [0.2, 0.25) is 0 Å². The molecule has 1 unspecified atom stereocenters. The quantitative estimate of drug-likeness (QED) is 0.333. The number of nitrogens with zero attached hydrogens (tertiary/aromatic N) is 2. The maximum Gasteiger partial charge on any atom is 0.407 e. The third-order valence-electron chi connectivity index (χ3n) is 3.75. The molecule has 4 N–H and O–H groups in total. The Morgan fingerprint density at radius 1 is 1.41 bits per heavy atom. The molecule has 1 saturated heterocycles.